The summed E-state index contributed by atoms with van der Waals surface area (Å²) in [6.07, 6.45) is 3.15. The summed E-state index contributed by atoms with van der Waals surface area (Å²) in [7, 11) is 4.24. The number of nitrogens with zero attached hydrogens (tertiary/aromatic N) is 2. The fourth-order valence-electron chi connectivity index (χ4n) is 4.25. The Morgan fingerprint density at radius 1 is 1.13 bits per heavy atom. The summed E-state index contributed by atoms with van der Waals surface area (Å²) >= 11 is 0. The molecule has 0 aliphatic carbocycles. The molecule has 1 unspecified atom stereocenters. The lowest BCUT2D eigenvalue weighted by molar-refractivity contribution is 0.0758. The zero-order valence-corrected chi connectivity index (χ0v) is 18.1. The largest absolute Gasteiger partial charge is 0.489 e. The quantitative estimate of drug-likeness (QED) is 0.606. The van der Waals surface area contributed by atoms with Crippen molar-refractivity contribution in [3.05, 3.63) is 65.4 Å². The monoisotopic (exact) mass is 406 g/mol. The van der Waals surface area contributed by atoms with E-state index in [4.69, 9.17) is 9.15 Å². The molecule has 2 aromatic carbocycles. The van der Waals surface area contributed by atoms with Crippen LogP contribution in [0.1, 0.15) is 40.9 Å². The van der Waals surface area contributed by atoms with Gasteiger partial charge in [0, 0.05) is 24.5 Å². The zero-order chi connectivity index (χ0) is 21.1. The number of benzene rings is 2. The van der Waals surface area contributed by atoms with E-state index in [2.05, 4.69) is 19.0 Å². The molecular formula is C25H30N2O3. The molecule has 1 saturated heterocycles. The topological polar surface area (TPSA) is 45.9 Å². The normalized spacial score (nSPS) is 17.3. The first kappa shape index (κ1) is 20.5. The van der Waals surface area contributed by atoms with Crippen molar-refractivity contribution in [1.29, 1.82) is 0 Å². The fraction of sp³-hybridized carbons (Fsp3) is 0.400. The number of hydrogen-bond acceptors (Lipinski definition) is 4. The highest BCUT2D eigenvalue weighted by molar-refractivity contribution is 6.07. The zero-order valence-electron chi connectivity index (χ0n) is 18.1. The number of amides is 1. The summed E-state index contributed by atoms with van der Waals surface area (Å²) in [5, 5.41) is 0.830. The third-order valence-electron chi connectivity index (χ3n) is 6.01. The van der Waals surface area contributed by atoms with Crippen LogP contribution in [0.5, 0.6) is 5.75 Å². The van der Waals surface area contributed by atoms with Crippen molar-refractivity contribution >= 4 is 16.9 Å². The number of hydrogen-bond donors (Lipinski definition) is 0. The molecule has 5 nitrogen and oxygen atoms in total. The molecule has 2 heterocycles. The summed E-state index contributed by atoms with van der Waals surface area (Å²) in [6.45, 7) is 3.93. The number of furan rings is 1. The molecule has 0 radical (unpaired) electrons. The number of likely N-dealkylation sites (tertiary alicyclic amines) is 1. The van der Waals surface area contributed by atoms with Crippen LogP contribution in [0.4, 0.5) is 0 Å². The van der Waals surface area contributed by atoms with Crippen LogP contribution in [0.3, 0.4) is 0 Å². The molecule has 30 heavy (non-hydrogen) atoms. The van der Waals surface area contributed by atoms with Crippen molar-refractivity contribution in [3.63, 3.8) is 0 Å². The van der Waals surface area contributed by atoms with Gasteiger partial charge in [-0.05, 0) is 64.0 Å². The van der Waals surface area contributed by atoms with Gasteiger partial charge in [0.25, 0.3) is 5.91 Å². The van der Waals surface area contributed by atoms with E-state index in [9.17, 15) is 4.79 Å². The average molecular weight is 407 g/mol. The van der Waals surface area contributed by atoms with Crippen LogP contribution in [0, 0.1) is 6.92 Å². The van der Waals surface area contributed by atoms with Crippen LogP contribution in [-0.2, 0) is 6.61 Å². The molecule has 0 spiro atoms. The summed E-state index contributed by atoms with van der Waals surface area (Å²) in [5.41, 5.74) is 2.50. The fourth-order valence-corrected chi connectivity index (χ4v) is 4.25. The number of carbonyl (C=O) groups is 1. The van der Waals surface area contributed by atoms with Gasteiger partial charge in [0.1, 0.15) is 23.7 Å². The third kappa shape index (κ3) is 4.36. The molecule has 1 atom stereocenters. The predicted molar refractivity (Wildman–Crippen MR) is 119 cm³/mol. The second kappa shape index (κ2) is 8.92. The van der Waals surface area contributed by atoms with Crippen LogP contribution in [0.2, 0.25) is 0 Å². The Hall–Kier alpha value is -2.79. The van der Waals surface area contributed by atoms with E-state index in [-0.39, 0.29) is 5.91 Å². The molecule has 1 aromatic heterocycles. The molecule has 0 bridgehead atoms. The molecule has 1 aliphatic heterocycles. The molecule has 4 rings (SSSR count). The number of carbonyl (C=O) groups excluding carboxylic acids is 1. The molecule has 0 N–H and O–H groups in total. The van der Waals surface area contributed by atoms with Gasteiger partial charge in [-0.25, -0.2) is 0 Å². The van der Waals surface area contributed by atoms with Gasteiger partial charge >= 0.3 is 0 Å². The standard InChI is InChI=1S/C25H30N2O3/c1-18-24(25(28)27-14-7-10-20(13-15-27)26(2)3)22-16-21(11-12-23(22)30-18)29-17-19-8-5-4-6-9-19/h4-6,8-9,11-12,16,20H,7,10,13-15,17H2,1-3H3. The van der Waals surface area contributed by atoms with Crippen molar-refractivity contribution in [2.45, 2.75) is 38.8 Å². The Balaban J connectivity index is 1.55. The summed E-state index contributed by atoms with van der Waals surface area (Å²) in [4.78, 5) is 17.7. The van der Waals surface area contributed by atoms with Gasteiger partial charge < -0.3 is 19.0 Å². The van der Waals surface area contributed by atoms with Crippen LogP contribution < -0.4 is 4.74 Å². The molecule has 158 valence electrons. The van der Waals surface area contributed by atoms with Crippen molar-refractivity contribution in [2.24, 2.45) is 0 Å². The summed E-state index contributed by atoms with van der Waals surface area (Å²) < 4.78 is 11.9. The molecule has 5 heteroatoms. The second-order valence-corrected chi connectivity index (χ2v) is 8.31. The first-order chi connectivity index (χ1) is 14.5. The van der Waals surface area contributed by atoms with Gasteiger partial charge in [-0.15, -0.1) is 0 Å². The van der Waals surface area contributed by atoms with E-state index in [1.54, 1.807) is 0 Å². The molecular weight excluding hydrogens is 376 g/mol. The Bertz CT molecular complexity index is 1010. The van der Waals surface area contributed by atoms with Crippen LogP contribution >= 0.6 is 0 Å². The minimum absolute atomic E-state index is 0.0610. The number of aryl methyl sites for hydroxylation is 1. The smallest absolute Gasteiger partial charge is 0.258 e. The van der Waals surface area contributed by atoms with Crippen molar-refractivity contribution < 1.29 is 13.9 Å². The predicted octanol–water partition coefficient (Wildman–Crippen LogP) is 4.88. The lowest BCUT2D eigenvalue weighted by atomic mass is 10.1. The van der Waals surface area contributed by atoms with Crippen LogP contribution in [0.25, 0.3) is 11.0 Å². The molecule has 1 fully saturated rings. The van der Waals surface area contributed by atoms with Gasteiger partial charge in [-0.1, -0.05) is 30.3 Å². The Morgan fingerprint density at radius 2 is 1.93 bits per heavy atom. The van der Waals surface area contributed by atoms with Gasteiger partial charge in [0.05, 0.1) is 5.56 Å². The molecule has 1 aliphatic rings. The summed E-state index contributed by atoms with van der Waals surface area (Å²) in [6, 6.07) is 16.3. The van der Waals surface area contributed by atoms with Crippen molar-refractivity contribution in [3.8, 4) is 5.75 Å². The minimum Gasteiger partial charge on any atom is -0.489 e. The van der Waals surface area contributed by atoms with E-state index in [1.807, 2.05) is 60.4 Å². The Morgan fingerprint density at radius 3 is 2.70 bits per heavy atom. The Labute approximate surface area is 178 Å². The third-order valence-corrected chi connectivity index (χ3v) is 6.01. The van der Waals surface area contributed by atoms with Crippen LogP contribution in [-0.4, -0.2) is 48.9 Å². The average Bonchev–Trinajstić information content (AvgIpc) is 2.91. The maximum Gasteiger partial charge on any atom is 0.258 e. The maximum atomic E-state index is 13.4. The van der Waals surface area contributed by atoms with Gasteiger partial charge in [0.2, 0.25) is 0 Å². The van der Waals surface area contributed by atoms with E-state index in [0.717, 1.165) is 54.6 Å². The van der Waals surface area contributed by atoms with Gasteiger partial charge in [-0.2, -0.15) is 0 Å². The number of rotatable bonds is 5. The highest BCUT2D eigenvalue weighted by Gasteiger charge is 2.27. The first-order valence-corrected chi connectivity index (χ1v) is 10.7. The maximum absolute atomic E-state index is 13.4. The SMILES string of the molecule is Cc1oc2ccc(OCc3ccccc3)cc2c1C(=O)N1CCCC(N(C)C)CC1. The molecule has 3 aromatic rings. The number of fused-ring (bicyclic) bond motifs is 1. The highest BCUT2D eigenvalue weighted by Crippen LogP contribution is 2.31. The summed E-state index contributed by atoms with van der Waals surface area (Å²) in [5.74, 6) is 1.47. The van der Waals surface area contributed by atoms with E-state index in [1.165, 1.54) is 0 Å². The molecule has 1 amide bonds. The van der Waals surface area contributed by atoms with Crippen LogP contribution in [0.15, 0.2) is 52.9 Å². The van der Waals surface area contributed by atoms with Gasteiger partial charge in [-0.3, -0.25) is 4.79 Å². The minimum atomic E-state index is 0.0610. The first-order valence-electron chi connectivity index (χ1n) is 10.7. The van der Waals surface area contributed by atoms with E-state index in [0.29, 0.717) is 24.0 Å². The van der Waals surface area contributed by atoms with Gasteiger partial charge in [0.15, 0.2) is 0 Å². The lowest BCUT2D eigenvalue weighted by Crippen LogP contribution is -2.34. The van der Waals surface area contributed by atoms with Crippen molar-refractivity contribution in [2.75, 3.05) is 27.2 Å². The van der Waals surface area contributed by atoms with Crippen molar-refractivity contribution in [1.82, 2.24) is 9.80 Å². The molecule has 0 saturated carbocycles. The second-order valence-electron chi connectivity index (χ2n) is 8.31. The van der Waals surface area contributed by atoms with E-state index < -0.39 is 0 Å². The Kier molecular flexibility index (Phi) is 6.09. The van der Waals surface area contributed by atoms with E-state index >= 15 is 0 Å². The number of ether oxygens (including phenoxy) is 1. The highest BCUT2D eigenvalue weighted by atomic mass is 16.5. The lowest BCUT2D eigenvalue weighted by Gasteiger charge is -2.23.